The highest BCUT2D eigenvalue weighted by atomic mass is 16.5. The van der Waals surface area contributed by atoms with Gasteiger partial charge in [-0.3, -0.25) is 4.79 Å². The van der Waals surface area contributed by atoms with Crippen molar-refractivity contribution >= 4 is 5.91 Å². The first-order chi connectivity index (χ1) is 8.81. The Balaban J connectivity index is 1.95. The number of nitrogens with zero attached hydrogens (tertiary/aromatic N) is 1. The standard InChI is InChI=1S/C14H20N2O2/c1-18-13-5-3-2-4-12(13)7-10-16-11-9-15-8-6-14(16)17/h2-5,15H,6-11H2,1H3. The fourth-order valence-corrected chi connectivity index (χ4v) is 2.22. The fraction of sp³-hybridized carbons (Fsp3) is 0.500. The van der Waals surface area contributed by atoms with Crippen LogP contribution in [-0.4, -0.2) is 44.1 Å². The minimum absolute atomic E-state index is 0.245. The first-order valence-corrected chi connectivity index (χ1v) is 6.41. The summed E-state index contributed by atoms with van der Waals surface area (Å²) < 4.78 is 5.32. The van der Waals surface area contributed by atoms with Crippen LogP contribution in [0.3, 0.4) is 0 Å². The average molecular weight is 248 g/mol. The molecular formula is C14H20N2O2. The minimum atomic E-state index is 0.245. The Morgan fingerprint density at radius 2 is 2.17 bits per heavy atom. The Labute approximate surface area is 108 Å². The molecule has 1 heterocycles. The number of methoxy groups -OCH3 is 1. The number of carbonyl (C=O) groups is 1. The average Bonchev–Trinajstić information content (AvgIpc) is 2.61. The van der Waals surface area contributed by atoms with Crippen molar-refractivity contribution in [3.05, 3.63) is 29.8 Å². The van der Waals surface area contributed by atoms with Crippen LogP contribution in [0, 0.1) is 0 Å². The molecule has 1 fully saturated rings. The molecule has 0 unspecified atom stereocenters. The lowest BCUT2D eigenvalue weighted by molar-refractivity contribution is -0.130. The predicted octanol–water partition coefficient (Wildman–Crippen LogP) is 1.06. The summed E-state index contributed by atoms with van der Waals surface area (Å²) in [6.07, 6.45) is 1.45. The lowest BCUT2D eigenvalue weighted by atomic mass is 10.1. The van der Waals surface area contributed by atoms with Gasteiger partial charge in [-0.25, -0.2) is 0 Å². The van der Waals surface area contributed by atoms with Gasteiger partial charge in [-0.2, -0.15) is 0 Å². The van der Waals surface area contributed by atoms with E-state index in [0.717, 1.165) is 43.9 Å². The molecule has 0 radical (unpaired) electrons. The number of benzene rings is 1. The highest BCUT2D eigenvalue weighted by molar-refractivity contribution is 5.76. The number of amides is 1. The Morgan fingerprint density at radius 3 is 3.00 bits per heavy atom. The van der Waals surface area contributed by atoms with Crippen LogP contribution in [-0.2, 0) is 11.2 Å². The Kier molecular flexibility index (Phi) is 4.59. The largest absolute Gasteiger partial charge is 0.496 e. The summed E-state index contributed by atoms with van der Waals surface area (Å²) in [5, 5.41) is 3.24. The van der Waals surface area contributed by atoms with Crippen LogP contribution in [0.4, 0.5) is 0 Å². The van der Waals surface area contributed by atoms with E-state index in [4.69, 9.17) is 4.74 Å². The second kappa shape index (κ2) is 6.40. The molecule has 1 aliphatic heterocycles. The van der Waals surface area contributed by atoms with E-state index in [2.05, 4.69) is 11.4 Å². The van der Waals surface area contributed by atoms with E-state index in [1.54, 1.807) is 7.11 Å². The van der Waals surface area contributed by atoms with Crippen LogP contribution >= 0.6 is 0 Å². The van der Waals surface area contributed by atoms with Crippen LogP contribution < -0.4 is 10.1 Å². The third kappa shape index (κ3) is 3.23. The van der Waals surface area contributed by atoms with Gasteiger partial charge in [-0.1, -0.05) is 18.2 Å². The summed E-state index contributed by atoms with van der Waals surface area (Å²) in [4.78, 5) is 13.8. The van der Waals surface area contributed by atoms with Crippen LogP contribution in [0.1, 0.15) is 12.0 Å². The molecule has 0 bridgehead atoms. The van der Waals surface area contributed by atoms with Crippen LogP contribution in [0.25, 0.3) is 0 Å². The number of hydrogen-bond acceptors (Lipinski definition) is 3. The third-order valence-corrected chi connectivity index (χ3v) is 3.27. The second-order valence-corrected chi connectivity index (χ2v) is 4.44. The van der Waals surface area contributed by atoms with Gasteiger partial charge in [0, 0.05) is 32.6 Å². The normalized spacial score (nSPS) is 16.5. The first kappa shape index (κ1) is 12.9. The topological polar surface area (TPSA) is 41.6 Å². The summed E-state index contributed by atoms with van der Waals surface area (Å²) in [7, 11) is 1.68. The molecule has 0 saturated carbocycles. The molecule has 4 nitrogen and oxygen atoms in total. The summed E-state index contributed by atoms with van der Waals surface area (Å²) in [5.74, 6) is 1.15. The molecule has 18 heavy (non-hydrogen) atoms. The number of para-hydroxylation sites is 1. The number of rotatable bonds is 4. The van der Waals surface area contributed by atoms with Gasteiger partial charge in [0.2, 0.25) is 5.91 Å². The van der Waals surface area contributed by atoms with Crippen LogP contribution in [0.2, 0.25) is 0 Å². The van der Waals surface area contributed by atoms with Crippen LogP contribution in [0.5, 0.6) is 5.75 Å². The maximum absolute atomic E-state index is 11.8. The molecule has 2 rings (SSSR count). The molecule has 4 heteroatoms. The van der Waals surface area contributed by atoms with Crippen molar-refractivity contribution in [3.8, 4) is 5.75 Å². The lowest BCUT2D eigenvalue weighted by Crippen LogP contribution is -2.34. The number of nitrogens with one attached hydrogen (secondary N) is 1. The lowest BCUT2D eigenvalue weighted by Gasteiger charge is -2.20. The van der Waals surface area contributed by atoms with Gasteiger partial charge < -0.3 is 15.0 Å². The first-order valence-electron chi connectivity index (χ1n) is 6.41. The zero-order chi connectivity index (χ0) is 12.8. The SMILES string of the molecule is COc1ccccc1CCN1CCNCCC1=O. The molecule has 1 aliphatic rings. The number of carbonyl (C=O) groups excluding carboxylic acids is 1. The van der Waals surface area contributed by atoms with Gasteiger partial charge in [-0.05, 0) is 18.1 Å². The van der Waals surface area contributed by atoms with Crippen molar-refractivity contribution in [2.45, 2.75) is 12.8 Å². The van der Waals surface area contributed by atoms with Crippen molar-refractivity contribution in [2.75, 3.05) is 33.3 Å². The molecule has 1 aromatic rings. The van der Waals surface area contributed by atoms with Crippen molar-refractivity contribution in [1.82, 2.24) is 10.2 Å². The Hall–Kier alpha value is -1.55. The van der Waals surface area contributed by atoms with E-state index in [0.29, 0.717) is 6.42 Å². The van der Waals surface area contributed by atoms with Gasteiger partial charge >= 0.3 is 0 Å². The zero-order valence-electron chi connectivity index (χ0n) is 10.8. The van der Waals surface area contributed by atoms with Crippen molar-refractivity contribution in [2.24, 2.45) is 0 Å². The van der Waals surface area contributed by atoms with Gasteiger partial charge in [-0.15, -0.1) is 0 Å². The highest BCUT2D eigenvalue weighted by Gasteiger charge is 2.16. The molecule has 1 N–H and O–H groups in total. The Morgan fingerprint density at radius 1 is 1.33 bits per heavy atom. The molecule has 1 amide bonds. The molecular weight excluding hydrogens is 228 g/mol. The van der Waals surface area contributed by atoms with E-state index in [9.17, 15) is 4.79 Å². The molecule has 0 spiro atoms. The third-order valence-electron chi connectivity index (χ3n) is 3.27. The van der Waals surface area contributed by atoms with E-state index in [1.165, 1.54) is 0 Å². The molecule has 0 aliphatic carbocycles. The summed E-state index contributed by atoms with van der Waals surface area (Å²) in [5.41, 5.74) is 1.16. The maximum atomic E-state index is 11.8. The molecule has 1 aromatic carbocycles. The maximum Gasteiger partial charge on any atom is 0.223 e. The smallest absolute Gasteiger partial charge is 0.223 e. The summed E-state index contributed by atoms with van der Waals surface area (Å²) in [6.45, 7) is 3.25. The van der Waals surface area contributed by atoms with Gasteiger partial charge in [0.05, 0.1) is 7.11 Å². The predicted molar refractivity (Wildman–Crippen MR) is 70.8 cm³/mol. The van der Waals surface area contributed by atoms with Gasteiger partial charge in [0.25, 0.3) is 0 Å². The van der Waals surface area contributed by atoms with E-state index >= 15 is 0 Å². The fourth-order valence-electron chi connectivity index (χ4n) is 2.22. The van der Waals surface area contributed by atoms with Crippen molar-refractivity contribution in [1.29, 1.82) is 0 Å². The number of hydrogen-bond donors (Lipinski definition) is 1. The van der Waals surface area contributed by atoms with E-state index < -0.39 is 0 Å². The van der Waals surface area contributed by atoms with Crippen LogP contribution in [0.15, 0.2) is 24.3 Å². The monoisotopic (exact) mass is 248 g/mol. The van der Waals surface area contributed by atoms with Crippen molar-refractivity contribution in [3.63, 3.8) is 0 Å². The van der Waals surface area contributed by atoms with E-state index in [1.807, 2.05) is 23.1 Å². The van der Waals surface area contributed by atoms with E-state index in [-0.39, 0.29) is 5.91 Å². The molecule has 98 valence electrons. The quantitative estimate of drug-likeness (QED) is 0.866. The molecule has 0 aromatic heterocycles. The summed E-state index contributed by atoms with van der Waals surface area (Å²) >= 11 is 0. The highest BCUT2D eigenvalue weighted by Crippen LogP contribution is 2.18. The minimum Gasteiger partial charge on any atom is -0.496 e. The molecule has 1 saturated heterocycles. The van der Waals surface area contributed by atoms with Gasteiger partial charge in [0.15, 0.2) is 0 Å². The second-order valence-electron chi connectivity index (χ2n) is 4.44. The number of ether oxygens (including phenoxy) is 1. The summed E-state index contributed by atoms with van der Waals surface area (Å²) in [6, 6.07) is 7.98. The molecule has 0 atom stereocenters. The van der Waals surface area contributed by atoms with Gasteiger partial charge in [0.1, 0.15) is 5.75 Å². The zero-order valence-corrected chi connectivity index (χ0v) is 10.8. The Bertz CT molecular complexity index is 407. The van der Waals surface area contributed by atoms with Crippen molar-refractivity contribution < 1.29 is 9.53 Å².